The third-order valence-electron chi connectivity index (χ3n) is 4.53. The Labute approximate surface area is 102 Å². The van der Waals surface area contributed by atoms with Gasteiger partial charge in [0.15, 0.2) is 0 Å². The van der Waals surface area contributed by atoms with Gasteiger partial charge in [0.2, 0.25) is 0 Å². The highest BCUT2D eigenvalue weighted by atomic mass is 16.3. The molecule has 0 aromatic heterocycles. The molecule has 0 heterocycles. The van der Waals surface area contributed by atoms with Crippen LogP contribution in [0.2, 0.25) is 0 Å². The quantitative estimate of drug-likeness (QED) is 0.659. The zero-order chi connectivity index (χ0) is 12.7. The van der Waals surface area contributed by atoms with Gasteiger partial charge in [0, 0.05) is 0 Å². The summed E-state index contributed by atoms with van der Waals surface area (Å²) < 4.78 is 0. The Morgan fingerprint density at radius 2 is 1.38 bits per heavy atom. The molecule has 1 heteroatoms. The Bertz CT molecular complexity index is 231. The summed E-state index contributed by atoms with van der Waals surface area (Å²) in [6.45, 7) is 16.0. The Morgan fingerprint density at radius 3 is 1.75 bits per heavy atom. The minimum Gasteiger partial charge on any atom is -0.393 e. The summed E-state index contributed by atoms with van der Waals surface area (Å²) in [5, 5.41) is 10.4. The maximum Gasteiger partial charge on any atom is 0.0599 e. The molecule has 1 aliphatic rings. The topological polar surface area (TPSA) is 20.2 Å². The van der Waals surface area contributed by atoms with Gasteiger partial charge in [-0.1, -0.05) is 48.5 Å². The number of hydrogen-bond donors (Lipinski definition) is 1. The Balaban J connectivity index is 2.86. The van der Waals surface area contributed by atoms with Crippen molar-refractivity contribution in [3.05, 3.63) is 0 Å². The summed E-state index contributed by atoms with van der Waals surface area (Å²) in [5.74, 6) is 1.64. The van der Waals surface area contributed by atoms with Crippen molar-refractivity contribution in [2.45, 2.75) is 67.4 Å². The molecule has 1 rings (SSSR count). The Hall–Kier alpha value is -0.0400. The van der Waals surface area contributed by atoms with E-state index in [1.807, 2.05) is 0 Å². The van der Waals surface area contributed by atoms with Gasteiger partial charge in [-0.3, -0.25) is 0 Å². The van der Waals surface area contributed by atoms with Crippen molar-refractivity contribution in [3.8, 4) is 0 Å². The largest absolute Gasteiger partial charge is 0.393 e. The molecule has 4 unspecified atom stereocenters. The fourth-order valence-corrected chi connectivity index (χ4v) is 3.10. The summed E-state index contributed by atoms with van der Waals surface area (Å²) in [6.07, 6.45) is 2.24. The van der Waals surface area contributed by atoms with E-state index in [0.717, 1.165) is 5.92 Å². The lowest BCUT2D eigenvalue weighted by atomic mass is 9.59. The summed E-state index contributed by atoms with van der Waals surface area (Å²) in [6, 6.07) is 0. The van der Waals surface area contributed by atoms with Crippen LogP contribution in [0.25, 0.3) is 0 Å². The summed E-state index contributed by atoms with van der Waals surface area (Å²) in [7, 11) is 0. The molecule has 0 bridgehead atoms. The van der Waals surface area contributed by atoms with Crippen LogP contribution in [0, 0.1) is 28.6 Å². The monoisotopic (exact) mass is 226 g/mol. The van der Waals surface area contributed by atoms with E-state index in [-0.39, 0.29) is 11.5 Å². The van der Waals surface area contributed by atoms with E-state index in [1.165, 1.54) is 12.8 Å². The standard InChI is InChI=1S/C15H30O/c1-10-8-11(14(2,3)4)9-12(13(10)16)15(5,6)7/h10-13,16H,8-9H2,1-7H3. The highest BCUT2D eigenvalue weighted by Crippen LogP contribution is 2.48. The lowest BCUT2D eigenvalue weighted by Gasteiger charge is -2.48. The predicted molar refractivity (Wildman–Crippen MR) is 70.3 cm³/mol. The summed E-state index contributed by atoms with van der Waals surface area (Å²) >= 11 is 0. The van der Waals surface area contributed by atoms with Crippen molar-refractivity contribution >= 4 is 0 Å². The lowest BCUT2D eigenvalue weighted by Crippen LogP contribution is -2.45. The third-order valence-corrected chi connectivity index (χ3v) is 4.53. The van der Waals surface area contributed by atoms with Crippen LogP contribution >= 0.6 is 0 Å². The molecule has 1 N–H and O–H groups in total. The molecule has 96 valence electrons. The smallest absolute Gasteiger partial charge is 0.0599 e. The molecule has 0 aliphatic heterocycles. The van der Waals surface area contributed by atoms with Gasteiger partial charge >= 0.3 is 0 Å². The molecule has 4 atom stereocenters. The first kappa shape index (κ1) is 14.0. The number of rotatable bonds is 0. The fourth-order valence-electron chi connectivity index (χ4n) is 3.10. The minimum absolute atomic E-state index is 0.112. The van der Waals surface area contributed by atoms with Crippen LogP contribution < -0.4 is 0 Å². The van der Waals surface area contributed by atoms with E-state index >= 15 is 0 Å². The van der Waals surface area contributed by atoms with Crippen LogP contribution in [0.4, 0.5) is 0 Å². The number of aliphatic hydroxyl groups excluding tert-OH is 1. The van der Waals surface area contributed by atoms with E-state index < -0.39 is 0 Å². The summed E-state index contributed by atoms with van der Waals surface area (Å²) in [4.78, 5) is 0. The zero-order valence-corrected chi connectivity index (χ0v) is 12.2. The molecule has 16 heavy (non-hydrogen) atoms. The van der Waals surface area contributed by atoms with Crippen molar-refractivity contribution in [1.29, 1.82) is 0 Å². The Kier molecular flexibility index (Phi) is 3.79. The molecule has 1 fully saturated rings. The molecule has 0 radical (unpaired) electrons. The minimum atomic E-state index is -0.112. The average molecular weight is 226 g/mol. The van der Waals surface area contributed by atoms with E-state index in [2.05, 4.69) is 48.5 Å². The molecule has 0 amide bonds. The number of hydrogen-bond acceptors (Lipinski definition) is 1. The van der Waals surface area contributed by atoms with Gasteiger partial charge in [-0.05, 0) is 41.4 Å². The van der Waals surface area contributed by atoms with Crippen LogP contribution in [0.1, 0.15) is 61.3 Å². The first-order valence-electron chi connectivity index (χ1n) is 6.71. The predicted octanol–water partition coefficient (Wildman–Crippen LogP) is 4.10. The van der Waals surface area contributed by atoms with Gasteiger partial charge in [0.05, 0.1) is 6.10 Å². The maximum absolute atomic E-state index is 10.4. The maximum atomic E-state index is 10.4. The number of aliphatic hydroxyl groups is 1. The van der Waals surface area contributed by atoms with Gasteiger partial charge in [-0.15, -0.1) is 0 Å². The molecule has 0 saturated heterocycles. The normalized spacial score (nSPS) is 37.5. The van der Waals surface area contributed by atoms with E-state index in [9.17, 15) is 5.11 Å². The molecule has 1 aliphatic carbocycles. The Morgan fingerprint density at radius 1 is 0.875 bits per heavy atom. The zero-order valence-electron chi connectivity index (χ0n) is 12.2. The second-order valence-corrected chi connectivity index (χ2v) is 7.97. The first-order chi connectivity index (χ1) is 7.03. The highest BCUT2D eigenvalue weighted by Gasteiger charge is 2.43. The van der Waals surface area contributed by atoms with Crippen LogP contribution in [0.15, 0.2) is 0 Å². The van der Waals surface area contributed by atoms with Crippen molar-refractivity contribution in [3.63, 3.8) is 0 Å². The van der Waals surface area contributed by atoms with Crippen molar-refractivity contribution in [2.75, 3.05) is 0 Å². The molecule has 0 aromatic carbocycles. The summed E-state index contributed by atoms with van der Waals surface area (Å²) in [5.41, 5.74) is 0.593. The molecule has 0 aromatic rings. The van der Waals surface area contributed by atoms with Crippen LogP contribution in [-0.4, -0.2) is 11.2 Å². The SMILES string of the molecule is CC1CC(C(C)(C)C)CC(C(C)(C)C)C1O. The molecular formula is C15H30O. The molecular weight excluding hydrogens is 196 g/mol. The van der Waals surface area contributed by atoms with E-state index in [4.69, 9.17) is 0 Å². The van der Waals surface area contributed by atoms with Gasteiger partial charge in [0.1, 0.15) is 0 Å². The van der Waals surface area contributed by atoms with Crippen molar-refractivity contribution < 1.29 is 5.11 Å². The highest BCUT2D eigenvalue weighted by molar-refractivity contribution is 4.93. The third kappa shape index (κ3) is 3.00. The van der Waals surface area contributed by atoms with Gasteiger partial charge in [-0.25, -0.2) is 0 Å². The first-order valence-corrected chi connectivity index (χ1v) is 6.71. The van der Waals surface area contributed by atoms with Crippen LogP contribution in [0.5, 0.6) is 0 Å². The molecule has 1 saturated carbocycles. The molecule has 1 nitrogen and oxygen atoms in total. The fraction of sp³-hybridized carbons (Fsp3) is 1.00. The van der Waals surface area contributed by atoms with Gasteiger partial charge in [-0.2, -0.15) is 0 Å². The second kappa shape index (κ2) is 4.33. The van der Waals surface area contributed by atoms with Crippen molar-refractivity contribution in [1.82, 2.24) is 0 Å². The second-order valence-electron chi connectivity index (χ2n) is 7.97. The van der Waals surface area contributed by atoms with Crippen molar-refractivity contribution in [2.24, 2.45) is 28.6 Å². The average Bonchev–Trinajstić information content (AvgIpc) is 2.05. The molecule has 0 spiro atoms. The lowest BCUT2D eigenvalue weighted by molar-refractivity contribution is -0.0622. The van der Waals surface area contributed by atoms with Crippen LogP contribution in [0.3, 0.4) is 0 Å². The van der Waals surface area contributed by atoms with Crippen LogP contribution in [-0.2, 0) is 0 Å². The van der Waals surface area contributed by atoms with Gasteiger partial charge < -0.3 is 5.11 Å². The van der Waals surface area contributed by atoms with Gasteiger partial charge in [0.25, 0.3) is 0 Å². The van der Waals surface area contributed by atoms with E-state index in [0.29, 0.717) is 17.3 Å². The van der Waals surface area contributed by atoms with E-state index in [1.54, 1.807) is 0 Å².